The highest BCUT2D eigenvalue weighted by Gasteiger charge is 2.25. The minimum Gasteiger partial charge on any atom is -0.344 e. The summed E-state index contributed by atoms with van der Waals surface area (Å²) in [7, 11) is 1.92. The first-order valence-corrected chi connectivity index (χ1v) is 6.82. The second-order valence-corrected chi connectivity index (χ2v) is 5.20. The third kappa shape index (κ3) is 2.38. The van der Waals surface area contributed by atoms with E-state index in [9.17, 15) is 4.79 Å². The Labute approximate surface area is 121 Å². The molecule has 0 saturated carbocycles. The van der Waals surface area contributed by atoms with E-state index < -0.39 is 0 Å². The van der Waals surface area contributed by atoms with Crippen molar-refractivity contribution in [2.24, 2.45) is 7.05 Å². The van der Waals surface area contributed by atoms with Crippen molar-refractivity contribution >= 4 is 17.5 Å². The van der Waals surface area contributed by atoms with Crippen LogP contribution in [0.3, 0.4) is 0 Å². The van der Waals surface area contributed by atoms with Crippen LogP contribution in [0, 0.1) is 0 Å². The van der Waals surface area contributed by atoms with E-state index in [0.717, 1.165) is 24.8 Å². The fourth-order valence-corrected chi connectivity index (χ4v) is 2.69. The Hall–Kier alpha value is -1.95. The van der Waals surface area contributed by atoms with Crippen LogP contribution >= 0.6 is 11.6 Å². The number of rotatable bonds is 2. The van der Waals surface area contributed by atoms with Gasteiger partial charge in [0.2, 0.25) is 0 Å². The largest absolute Gasteiger partial charge is 0.344 e. The third-order valence-corrected chi connectivity index (χ3v) is 3.70. The first-order chi connectivity index (χ1) is 9.65. The average molecular weight is 292 g/mol. The van der Waals surface area contributed by atoms with Gasteiger partial charge in [0.25, 0.3) is 5.91 Å². The SMILES string of the molecule is Cn1ncc2c1CCCC2NC(=O)c1cncc(Cl)n1. The van der Waals surface area contributed by atoms with Gasteiger partial charge in [-0.05, 0) is 19.3 Å². The molecule has 2 aromatic rings. The number of carbonyl (C=O) groups is 1. The van der Waals surface area contributed by atoms with Gasteiger partial charge < -0.3 is 5.32 Å². The van der Waals surface area contributed by atoms with Gasteiger partial charge in [-0.15, -0.1) is 0 Å². The van der Waals surface area contributed by atoms with Gasteiger partial charge in [0, 0.05) is 18.3 Å². The Balaban J connectivity index is 1.80. The van der Waals surface area contributed by atoms with Crippen LogP contribution in [-0.2, 0) is 13.5 Å². The number of nitrogens with one attached hydrogen (secondary N) is 1. The van der Waals surface area contributed by atoms with Gasteiger partial charge in [0.05, 0.1) is 24.6 Å². The van der Waals surface area contributed by atoms with Crippen LogP contribution in [0.15, 0.2) is 18.6 Å². The van der Waals surface area contributed by atoms with Crippen LogP contribution in [0.5, 0.6) is 0 Å². The maximum atomic E-state index is 12.2. The molecule has 6 nitrogen and oxygen atoms in total. The molecule has 2 aromatic heterocycles. The van der Waals surface area contributed by atoms with Crippen LogP contribution in [-0.4, -0.2) is 25.7 Å². The molecule has 0 spiro atoms. The van der Waals surface area contributed by atoms with Crippen molar-refractivity contribution in [1.82, 2.24) is 25.1 Å². The van der Waals surface area contributed by atoms with Gasteiger partial charge in [-0.3, -0.25) is 14.5 Å². The predicted octanol–water partition coefficient (Wildman–Crippen LogP) is 1.67. The molecular weight excluding hydrogens is 278 g/mol. The number of halogens is 1. The summed E-state index contributed by atoms with van der Waals surface area (Å²) in [6.45, 7) is 0. The highest BCUT2D eigenvalue weighted by atomic mass is 35.5. The number of hydrogen-bond acceptors (Lipinski definition) is 4. The summed E-state index contributed by atoms with van der Waals surface area (Å²) in [6.07, 6.45) is 7.56. The lowest BCUT2D eigenvalue weighted by atomic mass is 9.93. The summed E-state index contributed by atoms with van der Waals surface area (Å²) in [5.41, 5.74) is 2.49. The van der Waals surface area contributed by atoms with Crippen molar-refractivity contribution in [3.8, 4) is 0 Å². The van der Waals surface area contributed by atoms with Crippen molar-refractivity contribution in [1.29, 1.82) is 0 Å². The topological polar surface area (TPSA) is 72.7 Å². The third-order valence-electron chi connectivity index (χ3n) is 3.52. The molecule has 0 saturated heterocycles. The minimum atomic E-state index is -0.262. The minimum absolute atomic E-state index is 0.0271. The lowest BCUT2D eigenvalue weighted by molar-refractivity contribution is 0.0927. The molecule has 1 atom stereocenters. The molecule has 1 unspecified atom stereocenters. The zero-order valence-corrected chi connectivity index (χ0v) is 11.8. The predicted molar refractivity (Wildman–Crippen MR) is 73.4 cm³/mol. The number of carbonyl (C=O) groups excluding carboxylic acids is 1. The average Bonchev–Trinajstić information content (AvgIpc) is 2.82. The quantitative estimate of drug-likeness (QED) is 0.913. The maximum Gasteiger partial charge on any atom is 0.272 e. The highest BCUT2D eigenvalue weighted by molar-refractivity contribution is 6.29. The molecule has 7 heteroatoms. The van der Waals surface area contributed by atoms with E-state index in [4.69, 9.17) is 11.6 Å². The molecule has 1 aliphatic carbocycles. The van der Waals surface area contributed by atoms with Crippen molar-refractivity contribution < 1.29 is 4.79 Å². The summed E-state index contributed by atoms with van der Waals surface area (Å²) in [5, 5.41) is 7.45. The lowest BCUT2D eigenvalue weighted by Crippen LogP contribution is -2.31. The summed E-state index contributed by atoms with van der Waals surface area (Å²) < 4.78 is 1.87. The van der Waals surface area contributed by atoms with Gasteiger partial charge in [0.15, 0.2) is 0 Å². The highest BCUT2D eigenvalue weighted by Crippen LogP contribution is 2.29. The fraction of sp³-hybridized carbons (Fsp3) is 0.385. The van der Waals surface area contributed by atoms with Crippen LogP contribution in [0.2, 0.25) is 5.15 Å². The molecule has 0 aromatic carbocycles. The molecule has 1 N–H and O–H groups in total. The summed E-state index contributed by atoms with van der Waals surface area (Å²) in [5.74, 6) is -0.262. The van der Waals surface area contributed by atoms with E-state index in [2.05, 4.69) is 20.4 Å². The van der Waals surface area contributed by atoms with E-state index in [1.165, 1.54) is 18.1 Å². The Morgan fingerprint density at radius 2 is 2.30 bits per heavy atom. The van der Waals surface area contributed by atoms with Gasteiger partial charge in [0.1, 0.15) is 10.8 Å². The zero-order chi connectivity index (χ0) is 14.1. The number of aryl methyl sites for hydroxylation is 1. The molecular formula is C13H14ClN5O. The molecule has 20 heavy (non-hydrogen) atoms. The van der Waals surface area contributed by atoms with E-state index >= 15 is 0 Å². The number of hydrogen-bond donors (Lipinski definition) is 1. The molecule has 1 aliphatic rings. The molecule has 2 heterocycles. The second-order valence-electron chi connectivity index (χ2n) is 4.82. The molecule has 0 radical (unpaired) electrons. The normalized spacial score (nSPS) is 17.6. The second kappa shape index (κ2) is 5.20. The van der Waals surface area contributed by atoms with E-state index in [-0.39, 0.29) is 22.8 Å². The van der Waals surface area contributed by atoms with Crippen molar-refractivity contribution in [3.05, 3.63) is 40.7 Å². The first kappa shape index (κ1) is 13.1. The van der Waals surface area contributed by atoms with Gasteiger partial charge in [-0.1, -0.05) is 11.6 Å². The zero-order valence-electron chi connectivity index (χ0n) is 11.0. The van der Waals surface area contributed by atoms with Gasteiger partial charge in [-0.2, -0.15) is 5.10 Å². The summed E-state index contributed by atoms with van der Waals surface area (Å²) in [6, 6.07) is -0.0271. The first-order valence-electron chi connectivity index (χ1n) is 6.44. The Morgan fingerprint density at radius 1 is 1.45 bits per heavy atom. The number of fused-ring (bicyclic) bond motifs is 1. The Bertz CT molecular complexity index is 654. The molecule has 0 bridgehead atoms. The monoisotopic (exact) mass is 291 g/mol. The van der Waals surface area contributed by atoms with Crippen LogP contribution in [0.4, 0.5) is 0 Å². The lowest BCUT2D eigenvalue weighted by Gasteiger charge is -2.23. The van der Waals surface area contributed by atoms with Crippen molar-refractivity contribution in [2.45, 2.75) is 25.3 Å². The number of nitrogens with zero attached hydrogens (tertiary/aromatic N) is 4. The Kier molecular flexibility index (Phi) is 3.40. The van der Waals surface area contributed by atoms with E-state index in [1.54, 1.807) is 0 Å². The van der Waals surface area contributed by atoms with Crippen LogP contribution < -0.4 is 5.32 Å². The molecule has 104 valence electrons. The number of aromatic nitrogens is 4. The maximum absolute atomic E-state index is 12.2. The molecule has 3 rings (SSSR count). The van der Waals surface area contributed by atoms with Gasteiger partial charge >= 0.3 is 0 Å². The molecule has 0 aliphatic heterocycles. The van der Waals surface area contributed by atoms with E-state index in [0.29, 0.717) is 0 Å². The summed E-state index contributed by atoms with van der Waals surface area (Å²) >= 11 is 5.75. The standard InChI is InChI=1S/C13H14ClN5O/c1-19-11-4-2-3-9(8(11)5-16-19)18-13(20)10-6-15-7-12(14)17-10/h5-7,9H,2-4H2,1H3,(H,18,20). The number of amides is 1. The smallest absolute Gasteiger partial charge is 0.272 e. The van der Waals surface area contributed by atoms with Gasteiger partial charge in [-0.25, -0.2) is 4.98 Å². The van der Waals surface area contributed by atoms with Crippen molar-refractivity contribution in [3.63, 3.8) is 0 Å². The Morgan fingerprint density at radius 3 is 3.10 bits per heavy atom. The fourth-order valence-electron chi connectivity index (χ4n) is 2.54. The van der Waals surface area contributed by atoms with Crippen molar-refractivity contribution in [2.75, 3.05) is 0 Å². The van der Waals surface area contributed by atoms with Crippen LogP contribution in [0.1, 0.15) is 40.6 Å². The van der Waals surface area contributed by atoms with Crippen LogP contribution in [0.25, 0.3) is 0 Å². The van der Waals surface area contributed by atoms with E-state index in [1.807, 2.05) is 17.9 Å². The molecule has 1 amide bonds. The summed E-state index contributed by atoms with van der Waals surface area (Å²) in [4.78, 5) is 20.0. The molecule has 0 fully saturated rings.